The van der Waals surface area contributed by atoms with Crippen molar-refractivity contribution in [3.05, 3.63) is 155 Å². The summed E-state index contributed by atoms with van der Waals surface area (Å²) in [6, 6.07) is 5.98. The number of nitrogens with one attached hydrogen (secondary N) is 1. The van der Waals surface area contributed by atoms with E-state index in [0.29, 0.717) is 5.57 Å². The Balaban J connectivity index is 1.51. The fraction of sp³-hybridized carbons (Fsp3) is 0.0645. The fourth-order valence-electron chi connectivity index (χ4n) is 4.07. The van der Waals surface area contributed by atoms with E-state index < -0.39 is 0 Å². The summed E-state index contributed by atoms with van der Waals surface area (Å²) in [7, 11) is 0. The van der Waals surface area contributed by atoms with E-state index in [-0.39, 0.29) is 5.76 Å². The summed E-state index contributed by atoms with van der Waals surface area (Å²) in [5.74, 6) is 0.182. The molecule has 4 heteroatoms. The van der Waals surface area contributed by atoms with Gasteiger partial charge in [0.15, 0.2) is 0 Å². The molecule has 3 aliphatic rings. The van der Waals surface area contributed by atoms with Gasteiger partial charge >= 0.3 is 0 Å². The van der Waals surface area contributed by atoms with Crippen LogP contribution in [-0.2, 0) is 0 Å². The second-order valence-corrected chi connectivity index (χ2v) is 8.43. The lowest BCUT2D eigenvalue weighted by Crippen LogP contribution is -1.93. The smallest absolute Gasteiger partial charge is 0.122 e. The van der Waals surface area contributed by atoms with Gasteiger partial charge in [-0.15, -0.1) is 5.73 Å². The van der Waals surface area contributed by atoms with Crippen LogP contribution in [0.5, 0.6) is 0 Å². The average Bonchev–Trinajstić information content (AvgIpc) is 3.25. The lowest BCUT2D eigenvalue weighted by Gasteiger charge is -2.11. The van der Waals surface area contributed by atoms with E-state index >= 15 is 0 Å². The molecule has 2 N–H and O–H groups in total. The summed E-state index contributed by atoms with van der Waals surface area (Å²) in [4.78, 5) is 4.66. The van der Waals surface area contributed by atoms with Gasteiger partial charge in [0.2, 0.25) is 0 Å². The number of aromatic amines is 1. The van der Waals surface area contributed by atoms with Crippen LogP contribution in [-0.4, -0.2) is 20.3 Å². The molecule has 0 fully saturated rings. The highest BCUT2D eigenvalue weighted by molar-refractivity contribution is 5.84. The van der Waals surface area contributed by atoms with Crippen molar-refractivity contribution in [1.29, 1.82) is 0 Å². The van der Waals surface area contributed by atoms with Gasteiger partial charge in [0.1, 0.15) is 5.76 Å². The number of aryl methyl sites for hydroxylation is 1. The van der Waals surface area contributed by atoms with Crippen LogP contribution in [0, 0.1) is 6.92 Å². The van der Waals surface area contributed by atoms with Crippen LogP contribution in [0.2, 0.25) is 0 Å². The Morgan fingerprint density at radius 3 is 2.74 bits per heavy atom. The molecule has 2 aromatic rings. The number of hydrogen-bond acceptors (Lipinski definition) is 3. The molecule has 0 bridgehead atoms. The molecular formula is C31H25N3O. The molecule has 0 amide bonds. The first-order valence-corrected chi connectivity index (χ1v) is 11.5. The number of H-pyrrole nitrogens is 1. The van der Waals surface area contributed by atoms with Gasteiger partial charge in [0.05, 0.1) is 17.6 Å². The van der Waals surface area contributed by atoms with Crippen molar-refractivity contribution in [2.75, 3.05) is 0 Å². The van der Waals surface area contributed by atoms with Crippen molar-refractivity contribution >= 4 is 5.57 Å². The molecule has 0 saturated carbocycles. The van der Waals surface area contributed by atoms with Crippen LogP contribution in [0.1, 0.15) is 17.7 Å². The topological polar surface area (TPSA) is 61.8 Å². The maximum atomic E-state index is 10.0. The lowest BCUT2D eigenvalue weighted by atomic mass is 9.93. The van der Waals surface area contributed by atoms with Crippen molar-refractivity contribution in [2.24, 2.45) is 0 Å². The van der Waals surface area contributed by atoms with Gasteiger partial charge < -0.3 is 5.11 Å². The average molecular weight is 456 g/mol. The summed E-state index contributed by atoms with van der Waals surface area (Å²) in [6.07, 6.45) is 26.8. The van der Waals surface area contributed by atoms with E-state index in [9.17, 15) is 5.11 Å². The first-order valence-electron chi connectivity index (χ1n) is 11.5. The van der Waals surface area contributed by atoms with Crippen molar-refractivity contribution in [2.45, 2.75) is 13.3 Å². The second kappa shape index (κ2) is 9.68. The minimum atomic E-state index is 0.182. The van der Waals surface area contributed by atoms with Crippen LogP contribution in [0.15, 0.2) is 143 Å². The molecule has 0 aromatic carbocycles. The molecule has 0 spiro atoms. The van der Waals surface area contributed by atoms with Crippen LogP contribution in [0.3, 0.4) is 0 Å². The SMILES string of the molecule is C=C1C=CC(C2=CCC=C=C3\C=C/C(c4cn[nH]c4-c4cccc(C)n4)=C/C=C/C3=C2)=CC=C1O. The highest BCUT2D eigenvalue weighted by Gasteiger charge is 2.14. The molecule has 170 valence electrons. The maximum absolute atomic E-state index is 10.0. The normalized spacial score (nSPS) is 20.8. The molecule has 0 atom stereocenters. The minimum Gasteiger partial charge on any atom is -0.507 e. The van der Waals surface area contributed by atoms with Crippen LogP contribution in [0.25, 0.3) is 17.0 Å². The number of aromatic nitrogens is 3. The van der Waals surface area contributed by atoms with Crippen LogP contribution < -0.4 is 0 Å². The minimum absolute atomic E-state index is 0.182. The van der Waals surface area contributed by atoms with Crippen molar-refractivity contribution in [3.63, 3.8) is 0 Å². The van der Waals surface area contributed by atoms with Gasteiger partial charge in [-0.25, -0.2) is 0 Å². The second-order valence-electron chi connectivity index (χ2n) is 8.43. The molecular weight excluding hydrogens is 430 g/mol. The molecule has 2 heterocycles. The zero-order valence-electron chi connectivity index (χ0n) is 19.5. The van der Waals surface area contributed by atoms with Gasteiger partial charge in [-0.3, -0.25) is 10.1 Å². The van der Waals surface area contributed by atoms with E-state index in [1.165, 1.54) is 0 Å². The fourth-order valence-corrected chi connectivity index (χ4v) is 4.07. The Morgan fingerprint density at radius 2 is 1.86 bits per heavy atom. The van der Waals surface area contributed by atoms with E-state index in [4.69, 9.17) is 0 Å². The molecule has 2 aromatic heterocycles. The van der Waals surface area contributed by atoms with E-state index in [1.54, 1.807) is 6.08 Å². The van der Waals surface area contributed by atoms with Crippen LogP contribution in [0.4, 0.5) is 0 Å². The Labute approximate surface area is 205 Å². The van der Waals surface area contributed by atoms with Gasteiger partial charge in [0, 0.05) is 22.4 Å². The number of allylic oxidation sites excluding steroid dienone is 16. The largest absolute Gasteiger partial charge is 0.507 e. The molecule has 4 nitrogen and oxygen atoms in total. The van der Waals surface area contributed by atoms with Crippen LogP contribution >= 0.6 is 0 Å². The van der Waals surface area contributed by atoms with E-state index in [1.807, 2.05) is 55.6 Å². The predicted molar refractivity (Wildman–Crippen MR) is 142 cm³/mol. The summed E-state index contributed by atoms with van der Waals surface area (Å²) in [5, 5.41) is 17.4. The van der Waals surface area contributed by atoms with Gasteiger partial charge in [0.25, 0.3) is 0 Å². The zero-order valence-corrected chi connectivity index (χ0v) is 19.5. The number of pyridine rings is 1. The Kier molecular flexibility index (Phi) is 6.13. The number of fused-ring (bicyclic) bond motifs is 1. The quantitative estimate of drug-likeness (QED) is 0.484. The third-order valence-electron chi connectivity index (χ3n) is 5.96. The monoisotopic (exact) mass is 455 g/mol. The maximum Gasteiger partial charge on any atom is 0.122 e. The third kappa shape index (κ3) is 4.84. The summed E-state index contributed by atoms with van der Waals surface area (Å²) in [6.45, 7) is 5.87. The molecule has 0 unspecified atom stereocenters. The summed E-state index contributed by atoms with van der Waals surface area (Å²) < 4.78 is 0. The standard InChI is InChI=1S/C31H25N3O/c1-21-13-14-24(17-18-30(21)35)26-9-4-3-8-23-15-16-25(10-6-11-27(23)19-26)28-20-32-34-31(28)29-12-5-7-22(2)33-29/h3,5-7,9-20,35H,1,4H2,2H3,(H,32,34)/b11-6+,16-15-,25-10-,26-9?,27-19?. The highest BCUT2D eigenvalue weighted by atomic mass is 16.3. The van der Waals surface area contributed by atoms with Gasteiger partial charge in [-0.2, -0.15) is 5.10 Å². The number of nitrogens with zero attached hydrogens (tertiary/aromatic N) is 2. The molecule has 3 aliphatic carbocycles. The summed E-state index contributed by atoms with van der Waals surface area (Å²) in [5.41, 5.74) is 12.9. The Bertz CT molecular complexity index is 1520. The number of hydrogen-bond donors (Lipinski definition) is 2. The predicted octanol–water partition coefficient (Wildman–Crippen LogP) is 7.12. The Hall–Kier alpha value is -4.66. The number of aliphatic hydroxyl groups is 1. The van der Waals surface area contributed by atoms with Crippen molar-refractivity contribution in [1.82, 2.24) is 15.2 Å². The zero-order chi connectivity index (χ0) is 24.2. The van der Waals surface area contributed by atoms with Crippen molar-refractivity contribution < 1.29 is 5.11 Å². The lowest BCUT2D eigenvalue weighted by molar-refractivity contribution is 0.427. The Morgan fingerprint density at radius 1 is 0.971 bits per heavy atom. The van der Waals surface area contributed by atoms with E-state index in [2.05, 4.69) is 70.0 Å². The van der Waals surface area contributed by atoms with Gasteiger partial charge in [-0.1, -0.05) is 61.3 Å². The molecule has 0 saturated heterocycles. The first kappa shape index (κ1) is 22.1. The van der Waals surface area contributed by atoms with Gasteiger partial charge in [-0.05, 0) is 72.1 Å². The number of rotatable bonds is 3. The summed E-state index contributed by atoms with van der Waals surface area (Å²) >= 11 is 0. The van der Waals surface area contributed by atoms with E-state index in [0.717, 1.165) is 56.9 Å². The third-order valence-corrected chi connectivity index (χ3v) is 5.96. The molecule has 0 aliphatic heterocycles. The first-order chi connectivity index (χ1) is 17.1. The molecule has 0 radical (unpaired) electrons. The number of aliphatic hydroxyl groups excluding tert-OH is 1. The van der Waals surface area contributed by atoms with Crippen molar-refractivity contribution in [3.8, 4) is 11.4 Å². The highest BCUT2D eigenvalue weighted by Crippen LogP contribution is 2.30. The molecule has 35 heavy (non-hydrogen) atoms. The molecule has 5 rings (SSSR count).